The minimum Gasteiger partial charge on any atom is -0.334 e. The summed E-state index contributed by atoms with van der Waals surface area (Å²) in [6, 6.07) is 15.4. The number of hydrogen-bond acceptors (Lipinski definition) is 4. The molecule has 0 spiro atoms. The number of carbonyl (C=O) groups is 1. The first-order chi connectivity index (χ1) is 12.9. The molecule has 0 aliphatic carbocycles. The largest absolute Gasteiger partial charge is 0.334 e. The van der Waals surface area contributed by atoms with Crippen LogP contribution < -0.4 is 5.73 Å². The second-order valence-corrected chi connectivity index (χ2v) is 9.18. The van der Waals surface area contributed by atoms with Gasteiger partial charge in [-0.05, 0) is 48.6 Å². The minimum atomic E-state index is -3.45. The molecule has 5 nitrogen and oxygen atoms in total. The molecule has 1 fully saturated rings. The van der Waals surface area contributed by atoms with Gasteiger partial charge in [0.25, 0.3) is 5.91 Å². The van der Waals surface area contributed by atoms with E-state index >= 15 is 0 Å². The molecule has 2 aromatic carbocycles. The van der Waals surface area contributed by atoms with Crippen LogP contribution in [0.2, 0.25) is 0 Å². The Hall–Kier alpha value is -2.18. The first-order valence-corrected chi connectivity index (χ1v) is 11.0. The van der Waals surface area contributed by atoms with Crippen LogP contribution in [-0.2, 0) is 15.6 Å². The Balaban J connectivity index is 1.77. The Morgan fingerprint density at radius 2 is 1.78 bits per heavy atom. The molecule has 1 aliphatic heterocycles. The molecule has 2 N–H and O–H groups in total. The SMILES string of the molecule is C[C@@H]1CCCN(C(=O)c2ccc(S(=O)(=O)Cc3ccccc3)cc2)[C@H]1CN. The van der Waals surface area contributed by atoms with E-state index in [-0.39, 0.29) is 22.6 Å². The molecule has 27 heavy (non-hydrogen) atoms. The molecule has 0 unspecified atom stereocenters. The van der Waals surface area contributed by atoms with E-state index in [1.165, 1.54) is 12.1 Å². The minimum absolute atomic E-state index is 0.0349. The van der Waals surface area contributed by atoms with Gasteiger partial charge in [0, 0.05) is 24.7 Å². The van der Waals surface area contributed by atoms with Gasteiger partial charge in [0.15, 0.2) is 9.84 Å². The molecular formula is C21H26N2O3S. The summed E-state index contributed by atoms with van der Waals surface area (Å²) >= 11 is 0. The first-order valence-electron chi connectivity index (χ1n) is 9.30. The average Bonchev–Trinajstić information content (AvgIpc) is 2.68. The molecule has 1 heterocycles. The monoisotopic (exact) mass is 386 g/mol. The number of piperidine rings is 1. The smallest absolute Gasteiger partial charge is 0.254 e. The lowest BCUT2D eigenvalue weighted by Crippen LogP contribution is -2.51. The molecule has 144 valence electrons. The molecule has 0 bridgehead atoms. The van der Waals surface area contributed by atoms with E-state index in [9.17, 15) is 13.2 Å². The van der Waals surface area contributed by atoms with Gasteiger partial charge in [-0.2, -0.15) is 0 Å². The summed E-state index contributed by atoms with van der Waals surface area (Å²) in [6.45, 7) is 3.26. The van der Waals surface area contributed by atoms with Crippen molar-refractivity contribution in [1.82, 2.24) is 4.90 Å². The van der Waals surface area contributed by atoms with Gasteiger partial charge in [0.05, 0.1) is 10.6 Å². The summed E-state index contributed by atoms with van der Waals surface area (Å²) in [5.41, 5.74) is 7.12. The molecule has 2 atom stereocenters. The van der Waals surface area contributed by atoms with Crippen LogP contribution in [0.5, 0.6) is 0 Å². The highest BCUT2D eigenvalue weighted by molar-refractivity contribution is 7.90. The highest BCUT2D eigenvalue weighted by Crippen LogP contribution is 2.25. The third-order valence-corrected chi connectivity index (χ3v) is 6.98. The summed E-state index contributed by atoms with van der Waals surface area (Å²) in [7, 11) is -3.45. The number of likely N-dealkylation sites (tertiary alicyclic amines) is 1. The fraction of sp³-hybridized carbons (Fsp3) is 0.381. The maximum Gasteiger partial charge on any atom is 0.254 e. The molecule has 1 saturated heterocycles. The third-order valence-electron chi connectivity index (χ3n) is 5.28. The number of nitrogens with two attached hydrogens (primary N) is 1. The van der Waals surface area contributed by atoms with Crippen LogP contribution in [0.4, 0.5) is 0 Å². The molecule has 0 aromatic heterocycles. The quantitative estimate of drug-likeness (QED) is 0.857. The molecule has 0 radical (unpaired) electrons. The summed E-state index contributed by atoms with van der Waals surface area (Å²) in [5, 5.41) is 0. The van der Waals surface area contributed by atoms with Crippen LogP contribution in [0.25, 0.3) is 0 Å². The van der Waals surface area contributed by atoms with Crippen molar-refractivity contribution < 1.29 is 13.2 Å². The third kappa shape index (κ3) is 4.39. The van der Waals surface area contributed by atoms with E-state index in [2.05, 4.69) is 6.92 Å². The van der Waals surface area contributed by atoms with Gasteiger partial charge in [-0.1, -0.05) is 37.3 Å². The van der Waals surface area contributed by atoms with E-state index in [4.69, 9.17) is 5.73 Å². The number of nitrogens with zero attached hydrogens (tertiary/aromatic N) is 1. The second kappa shape index (κ2) is 8.23. The zero-order valence-electron chi connectivity index (χ0n) is 15.5. The number of carbonyl (C=O) groups excluding carboxylic acids is 1. The van der Waals surface area contributed by atoms with Crippen molar-refractivity contribution in [2.45, 2.75) is 36.5 Å². The standard InChI is InChI=1S/C21H26N2O3S/c1-16-6-5-13-23(20(16)14-22)21(24)18-9-11-19(12-10-18)27(25,26)15-17-7-3-2-4-8-17/h2-4,7-12,16,20H,5-6,13-15,22H2,1H3/t16-,20+/m1/s1. The second-order valence-electron chi connectivity index (χ2n) is 7.19. The molecule has 1 aliphatic rings. The van der Waals surface area contributed by atoms with Gasteiger partial charge in [0.1, 0.15) is 0 Å². The molecule has 1 amide bonds. The van der Waals surface area contributed by atoms with Crippen LogP contribution in [0, 0.1) is 5.92 Å². The van der Waals surface area contributed by atoms with Crippen LogP contribution in [0.15, 0.2) is 59.5 Å². The highest BCUT2D eigenvalue weighted by atomic mass is 32.2. The maximum atomic E-state index is 12.9. The van der Waals surface area contributed by atoms with Crippen LogP contribution in [0.1, 0.15) is 35.7 Å². The fourth-order valence-electron chi connectivity index (χ4n) is 3.71. The average molecular weight is 387 g/mol. The zero-order valence-corrected chi connectivity index (χ0v) is 16.4. The van der Waals surface area contributed by atoms with Crippen molar-refractivity contribution in [2.24, 2.45) is 11.7 Å². The van der Waals surface area contributed by atoms with Crippen molar-refractivity contribution >= 4 is 15.7 Å². The van der Waals surface area contributed by atoms with Gasteiger partial charge in [-0.25, -0.2) is 8.42 Å². The summed E-state index contributed by atoms with van der Waals surface area (Å²) < 4.78 is 25.2. The lowest BCUT2D eigenvalue weighted by Gasteiger charge is -2.39. The summed E-state index contributed by atoms with van der Waals surface area (Å²) in [6.07, 6.45) is 2.04. The zero-order chi connectivity index (χ0) is 19.4. The number of rotatable bonds is 5. The topological polar surface area (TPSA) is 80.5 Å². The van der Waals surface area contributed by atoms with E-state index < -0.39 is 9.84 Å². The Kier molecular flexibility index (Phi) is 5.97. The van der Waals surface area contributed by atoms with Crippen molar-refractivity contribution in [1.29, 1.82) is 0 Å². The summed E-state index contributed by atoms with van der Waals surface area (Å²) in [5.74, 6) is 0.238. The molecule has 2 aromatic rings. The number of hydrogen-bond donors (Lipinski definition) is 1. The van der Waals surface area contributed by atoms with E-state index in [0.29, 0.717) is 24.6 Å². The molecule has 6 heteroatoms. The van der Waals surface area contributed by atoms with E-state index in [1.54, 1.807) is 24.3 Å². The normalized spacial score (nSPS) is 20.4. The van der Waals surface area contributed by atoms with Gasteiger partial charge < -0.3 is 10.6 Å². The Bertz CT molecular complexity index is 879. The summed E-state index contributed by atoms with van der Waals surface area (Å²) in [4.78, 5) is 14.9. The predicted molar refractivity (Wildman–Crippen MR) is 106 cm³/mol. The van der Waals surface area contributed by atoms with Crippen molar-refractivity contribution in [2.75, 3.05) is 13.1 Å². The number of benzene rings is 2. The van der Waals surface area contributed by atoms with E-state index in [1.807, 2.05) is 23.1 Å². The maximum absolute atomic E-state index is 12.9. The van der Waals surface area contributed by atoms with Gasteiger partial charge >= 0.3 is 0 Å². The first kappa shape index (κ1) is 19.6. The highest BCUT2D eigenvalue weighted by Gasteiger charge is 2.31. The van der Waals surface area contributed by atoms with E-state index in [0.717, 1.165) is 18.4 Å². The number of amides is 1. The lowest BCUT2D eigenvalue weighted by molar-refractivity contribution is 0.0532. The van der Waals surface area contributed by atoms with Crippen molar-refractivity contribution in [3.05, 3.63) is 65.7 Å². The van der Waals surface area contributed by atoms with Gasteiger partial charge in [0.2, 0.25) is 0 Å². The van der Waals surface area contributed by atoms with Gasteiger partial charge in [-0.15, -0.1) is 0 Å². The fourth-order valence-corrected chi connectivity index (χ4v) is 5.06. The Morgan fingerprint density at radius 3 is 2.41 bits per heavy atom. The molecule has 0 saturated carbocycles. The number of sulfone groups is 1. The van der Waals surface area contributed by atoms with Crippen molar-refractivity contribution in [3.8, 4) is 0 Å². The van der Waals surface area contributed by atoms with Gasteiger partial charge in [-0.3, -0.25) is 4.79 Å². The van der Waals surface area contributed by atoms with Crippen LogP contribution in [-0.4, -0.2) is 38.4 Å². The van der Waals surface area contributed by atoms with Crippen LogP contribution in [0.3, 0.4) is 0 Å². The molecule has 3 rings (SSSR count). The molecular weight excluding hydrogens is 360 g/mol. The van der Waals surface area contributed by atoms with Crippen molar-refractivity contribution in [3.63, 3.8) is 0 Å². The predicted octanol–water partition coefficient (Wildman–Crippen LogP) is 2.86. The van der Waals surface area contributed by atoms with Crippen LogP contribution >= 0.6 is 0 Å². The Labute approximate surface area is 161 Å². The lowest BCUT2D eigenvalue weighted by atomic mass is 9.90. The Morgan fingerprint density at radius 1 is 1.11 bits per heavy atom.